The SMILES string of the molecule is NCCC(C(=O)Nc1ccc2[nH]nc(NC(=O)c3ccccn3)c2c1)c1ccc(Cl)c(Cl)c1. The van der Waals surface area contributed by atoms with Gasteiger partial charge in [0.25, 0.3) is 5.91 Å². The summed E-state index contributed by atoms with van der Waals surface area (Å²) in [5.41, 5.74) is 7.98. The van der Waals surface area contributed by atoms with E-state index in [1.54, 1.807) is 54.6 Å². The lowest BCUT2D eigenvalue weighted by molar-refractivity contribution is -0.117. The van der Waals surface area contributed by atoms with E-state index in [0.29, 0.717) is 45.4 Å². The highest BCUT2D eigenvalue weighted by atomic mass is 35.5. The molecule has 0 bridgehead atoms. The molecule has 2 aromatic heterocycles. The molecule has 8 nitrogen and oxygen atoms in total. The zero-order chi connectivity index (χ0) is 23.4. The highest BCUT2D eigenvalue weighted by Gasteiger charge is 2.21. The molecular weight excluding hydrogens is 463 g/mol. The number of halogens is 2. The first-order chi connectivity index (χ1) is 16.0. The number of aromatic nitrogens is 3. The van der Waals surface area contributed by atoms with Crippen LogP contribution in [0.5, 0.6) is 0 Å². The highest BCUT2D eigenvalue weighted by Crippen LogP contribution is 2.30. The van der Waals surface area contributed by atoms with Crippen LogP contribution in [0.4, 0.5) is 11.5 Å². The maximum Gasteiger partial charge on any atom is 0.275 e. The molecule has 0 aliphatic heterocycles. The van der Waals surface area contributed by atoms with Gasteiger partial charge in [-0.1, -0.05) is 35.3 Å². The van der Waals surface area contributed by atoms with Gasteiger partial charge in [-0.05, 0) is 61.0 Å². The van der Waals surface area contributed by atoms with E-state index >= 15 is 0 Å². The van der Waals surface area contributed by atoms with E-state index in [9.17, 15) is 9.59 Å². The largest absolute Gasteiger partial charge is 0.330 e. The maximum atomic E-state index is 13.1. The molecule has 2 heterocycles. The maximum absolute atomic E-state index is 13.1. The predicted octanol–water partition coefficient (Wildman–Crippen LogP) is 4.59. The van der Waals surface area contributed by atoms with Crippen LogP contribution in [0.2, 0.25) is 10.0 Å². The molecule has 0 saturated heterocycles. The minimum absolute atomic E-state index is 0.235. The lowest BCUT2D eigenvalue weighted by atomic mass is 9.94. The molecule has 0 spiro atoms. The molecule has 33 heavy (non-hydrogen) atoms. The summed E-state index contributed by atoms with van der Waals surface area (Å²) in [4.78, 5) is 29.6. The molecule has 0 saturated carbocycles. The van der Waals surface area contributed by atoms with Gasteiger partial charge in [-0.2, -0.15) is 5.10 Å². The molecule has 168 valence electrons. The van der Waals surface area contributed by atoms with Gasteiger partial charge < -0.3 is 16.4 Å². The molecule has 4 rings (SSSR count). The lowest BCUT2D eigenvalue weighted by Gasteiger charge is -2.17. The van der Waals surface area contributed by atoms with Gasteiger partial charge in [0.15, 0.2) is 5.82 Å². The zero-order valence-corrected chi connectivity index (χ0v) is 18.8. The van der Waals surface area contributed by atoms with Crippen LogP contribution in [-0.4, -0.2) is 33.5 Å². The number of nitrogens with one attached hydrogen (secondary N) is 3. The van der Waals surface area contributed by atoms with Crippen LogP contribution in [0.1, 0.15) is 28.4 Å². The second kappa shape index (κ2) is 9.99. The summed E-state index contributed by atoms with van der Waals surface area (Å²) in [6.45, 7) is 0.322. The number of H-pyrrole nitrogens is 1. The summed E-state index contributed by atoms with van der Waals surface area (Å²) >= 11 is 12.1. The first-order valence-corrected chi connectivity index (χ1v) is 10.9. The fourth-order valence-electron chi connectivity index (χ4n) is 3.43. The number of hydrogen-bond donors (Lipinski definition) is 4. The fourth-order valence-corrected chi connectivity index (χ4v) is 3.74. The van der Waals surface area contributed by atoms with Crippen LogP contribution in [0.3, 0.4) is 0 Å². The quantitative estimate of drug-likeness (QED) is 0.306. The van der Waals surface area contributed by atoms with Crippen LogP contribution in [0, 0.1) is 0 Å². The number of nitrogens with two attached hydrogens (primary N) is 1. The highest BCUT2D eigenvalue weighted by molar-refractivity contribution is 6.42. The minimum Gasteiger partial charge on any atom is -0.330 e. The summed E-state index contributed by atoms with van der Waals surface area (Å²) in [7, 11) is 0. The molecule has 0 radical (unpaired) electrons. The second-order valence-electron chi connectivity index (χ2n) is 7.29. The number of hydrogen-bond acceptors (Lipinski definition) is 5. The van der Waals surface area contributed by atoms with E-state index in [2.05, 4.69) is 25.8 Å². The number of pyridine rings is 1. The van der Waals surface area contributed by atoms with Gasteiger partial charge >= 0.3 is 0 Å². The fraction of sp³-hybridized carbons (Fsp3) is 0.130. The molecule has 2 aromatic carbocycles. The topological polar surface area (TPSA) is 126 Å². The van der Waals surface area contributed by atoms with Crippen molar-refractivity contribution in [3.05, 3.63) is 82.1 Å². The molecule has 2 amide bonds. The van der Waals surface area contributed by atoms with Gasteiger partial charge in [-0.3, -0.25) is 19.7 Å². The van der Waals surface area contributed by atoms with Crippen molar-refractivity contribution in [1.82, 2.24) is 15.2 Å². The van der Waals surface area contributed by atoms with Crippen molar-refractivity contribution in [2.75, 3.05) is 17.2 Å². The first-order valence-electron chi connectivity index (χ1n) is 10.1. The third kappa shape index (κ3) is 5.14. The Labute approximate surface area is 199 Å². The summed E-state index contributed by atoms with van der Waals surface area (Å²) in [5, 5.41) is 14.1. The second-order valence-corrected chi connectivity index (χ2v) is 8.11. The van der Waals surface area contributed by atoms with Crippen molar-refractivity contribution in [3.8, 4) is 0 Å². The van der Waals surface area contributed by atoms with Crippen LogP contribution in [0.15, 0.2) is 60.8 Å². The van der Waals surface area contributed by atoms with Gasteiger partial charge in [0.05, 0.1) is 21.5 Å². The van der Waals surface area contributed by atoms with Crippen molar-refractivity contribution in [2.24, 2.45) is 5.73 Å². The predicted molar refractivity (Wildman–Crippen MR) is 130 cm³/mol. The molecule has 10 heteroatoms. The monoisotopic (exact) mass is 482 g/mol. The standard InChI is InChI=1S/C23H20Cl2N6O2/c24-17-6-4-13(11-18(17)25)15(8-9-26)22(32)28-14-5-7-19-16(12-14)21(31-30-19)29-23(33)20-3-1-2-10-27-20/h1-7,10-12,15H,8-9,26H2,(H,28,32)(H2,29,30,31,33). The number of rotatable bonds is 7. The Morgan fingerprint density at radius 2 is 1.88 bits per heavy atom. The van der Waals surface area contributed by atoms with E-state index in [4.69, 9.17) is 28.9 Å². The van der Waals surface area contributed by atoms with Gasteiger partial charge in [0.1, 0.15) is 5.69 Å². The smallest absolute Gasteiger partial charge is 0.275 e. The molecule has 4 aromatic rings. The van der Waals surface area contributed by atoms with E-state index in [0.717, 1.165) is 5.56 Å². The van der Waals surface area contributed by atoms with E-state index in [1.165, 1.54) is 6.20 Å². The average Bonchev–Trinajstić information content (AvgIpc) is 3.21. The lowest BCUT2D eigenvalue weighted by Crippen LogP contribution is -2.23. The van der Waals surface area contributed by atoms with E-state index in [-0.39, 0.29) is 17.5 Å². The number of anilines is 2. The van der Waals surface area contributed by atoms with Crippen molar-refractivity contribution in [2.45, 2.75) is 12.3 Å². The van der Waals surface area contributed by atoms with Crippen LogP contribution in [0.25, 0.3) is 10.9 Å². The van der Waals surface area contributed by atoms with Crippen LogP contribution >= 0.6 is 23.2 Å². The Hall–Kier alpha value is -3.46. The molecule has 1 atom stereocenters. The Bertz CT molecular complexity index is 1310. The zero-order valence-electron chi connectivity index (χ0n) is 17.3. The minimum atomic E-state index is -0.506. The molecule has 5 N–H and O–H groups in total. The number of carbonyl (C=O) groups is 2. The molecular formula is C23H20Cl2N6O2. The molecule has 1 unspecified atom stereocenters. The van der Waals surface area contributed by atoms with Crippen molar-refractivity contribution in [1.29, 1.82) is 0 Å². The van der Waals surface area contributed by atoms with Gasteiger partial charge in [0, 0.05) is 17.3 Å². The van der Waals surface area contributed by atoms with E-state index < -0.39 is 5.92 Å². The van der Waals surface area contributed by atoms with E-state index in [1.807, 2.05) is 0 Å². The van der Waals surface area contributed by atoms with Crippen molar-refractivity contribution < 1.29 is 9.59 Å². The Balaban J connectivity index is 1.56. The summed E-state index contributed by atoms with van der Waals surface area (Å²) in [6, 6.07) is 15.4. The number of benzene rings is 2. The van der Waals surface area contributed by atoms with Gasteiger partial charge in [0.2, 0.25) is 5.91 Å². The van der Waals surface area contributed by atoms with Crippen molar-refractivity contribution >= 4 is 57.4 Å². The molecule has 0 aliphatic carbocycles. The van der Waals surface area contributed by atoms with Crippen LogP contribution in [-0.2, 0) is 4.79 Å². The molecule has 0 fully saturated rings. The summed E-state index contributed by atoms with van der Waals surface area (Å²) in [5.74, 6) is -0.797. The van der Waals surface area contributed by atoms with Gasteiger partial charge in [-0.25, -0.2) is 0 Å². The summed E-state index contributed by atoms with van der Waals surface area (Å²) < 4.78 is 0. The normalized spacial score (nSPS) is 11.8. The Morgan fingerprint density at radius 3 is 2.61 bits per heavy atom. The van der Waals surface area contributed by atoms with Gasteiger partial charge in [-0.15, -0.1) is 0 Å². The molecule has 0 aliphatic rings. The number of fused-ring (bicyclic) bond motifs is 1. The third-order valence-electron chi connectivity index (χ3n) is 5.08. The number of carbonyl (C=O) groups excluding carboxylic acids is 2. The summed E-state index contributed by atoms with van der Waals surface area (Å²) in [6.07, 6.45) is 1.97. The first kappa shape index (κ1) is 22.7. The number of nitrogens with zero attached hydrogens (tertiary/aromatic N) is 2. The Kier molecular flexibility index (Phi) is 6.88. The number of amides is 2. The van der Waals surface area contributed by atoms with Crippen LogP contribution < -0.4 is 16.4 Å². The average molecular weight is 483 g/mol. The Morgan fingerprint density at radius 1 is 1.03 bits per heavy atom. The third-order valence-corrected chi connectivity index (χ3v) is 5.82. The number of aromatic amines is 1. The van der Waals surface area contributed by atoms with Crippen molar-refractivity contribution in [3.63, 3.8) is 0 Å².